The number of thiazole rings is 1. The Balaban J connectivity index is 1.94. The topological polar surface area (TPSA) is 96.4 Å². The summed E-state index contributed by atoms with van der Waals surface area (Å²) in [7, 11) is -3.53. The van der Waals surface area contributed by atoms with Crippen LogP contribution < -0.4 is 4.72 Å². The lowest BCUT2D eigenvalue weighted by Crippen LogP contribution is -2.25. The molecular weight excluding hydrogens is 300 g/mol. The molecule has 0 aliphatic carbocycles. The molecule has 6 nitrogen and oxygen atoms in total. The first-order chi connectivity index (χ1) is 9.49. The number of nitrogens with one attached hydrogen (secondary N) is 1. The Hall–Kier alpha value is -1.77. The van der Waals surface area contributed by atoms with E-state index in [1.54, 1.807) is 18.2 Å². The second-order valence-corrected chi connectivity index (χ2v) is 6.60. The summed E-state index contributed by atoms with van der Waals surface area (Å²) in [5.74, 6) is -1.09. The van der Waals surface area contributed by atoms with E-state index in [4.69, 9.17) is 5.11 Å². The van der Waals surface area contributed by atoms with Gasteiger partial charge in [-0.05, 0) is 12.1 Å². The number of carboxylic acids is 1. The third kappa shape index (κ3) is 3.62. The molecule has 106 valence electrons. The Bertz CT molecular complexity index is 695. The summed E-state index contributed by atoms with van der Waals surface area (Å²) in [6.07, 6.45) is 0.351. The summed E-state index contributed by atoms with van der Waals surface area (Å²) < 4.78 is 26.3. The van der Waals surface area contributed by atoms with Crippen molar-refractivity contribution >= 4 is 27.3 Å². The molecule has 1 aromatic carbocycles. The van der Waals surface area contributed by atoms with Gasteiger partial charge in [0.1, 0.15) is 0 Å². The van der Waals surface area contributed by atoms with Gasteiger partial charge in [-0.3, -0.25) is 0 Å². The molecule has 0 amide bonds. The van der Waals surface area contributed by atoms with E-state index >= 15 is 0 Å². The number of hydrogen-bond donors (Lipinski definition) is 2. The van der Waals surface area contributed by atoms with Crippen molar-refractivity contribution in [1.29, 1.82) is 0 Å². The van der Waals surface area contributed by atoms with Gasteiger partial charge in [0.05, 0.1) is 9.90 Å². The molecule has 2 rings (SSSR count). The second-order valence-electron chi connectivity index (χ2n) is 3.89. The number of aromatic carboxylic acids is 1. The standard InChI is InChI=1S/C12H12N2O4S2/c15-12(16)10-8-19-11(14-10)6-7-13-20(17,18)9-4-2-1-3-5-9/h1-5,8,13H,6-7H2,(H,15,16). The Kier molecular flexibility index (Phi) is 4.48. The first-order valence-corrected chi connectivity index (χ1v) is 8.08. The Morgan fingerprint density at radius 1 is 1.30 bits per heavy atom. The van der Waals surface area contributed by atoms with Crippen molar-refractivity contribution in [1.82, 2.24) is 9.71 Å². The molecule has 1 aromatic heterocycles. The van der Waals surface area contributed by atoms with Crippen LogP contribution in [-0.2, 0) is 16.4 Å². The molecule has 2 N–H and O–H groups in total. The summed E-state index contributed by atoms with van der Waals surface area (Å²) in [6, 6.07) is 8.05. The van der Waals surface area contributed by atoms with Crippen LogP contribution in [0.15, 0.2) is 40.6 Å². The van der Waals surface area contributed by atoms with Gasteiger partial charge in [0, 0.05) is 18.3 Å². The number of sulfonamides is 1. The van der Waals surface area contributed by atoms with Crippen molar-refractivity contribution in [3.63, 3.8) is 0 Å². The first-order valence-electron chi connectivity index (χ1n) is 5.71. The van der Waals surface area contributed by atoms with Crippen LogP contribution in [0.1, 0.15) is 15.5 Å². The maximum atomic E-state index is 11.9. The van der Waals surface area contributed by atoms with Crippen molar-refractivity contribution in [3.8, 4) is 0 Å². The smallest absolute Gasteiger partial charge is 0.355 e. The van der Waals surface area contributed by atoms with Gasteiger partial charge in [-0.2, -0.15) is 0 Å². The van der Waals surface area contributed by atoms with E-state index in [0.717, 1.165) is 0 Å². The highest BCUT2D eigenvalue weighted by molar-refractivity contribution is 7.89. The zero-order valence-electron chi connectivity index (χ0n) is 10.3. The summed E-state index contributed by atoms with van der Waals surface area (Å²) in [5, 5.41) is 10.7. The molecule has 8 heteroatoms. The molecule has 0 saturated carbocycles. The van der Waals surface area contributed by atoms with Crippen LogP contribution in [0.2, 0.25) is 0 Å². The molecule has 0 aliphatic rings. The van der Waals surface area contributed by atoms with E-state index in [2.05, 4.69) is 9.71 Å². The second kappa shape index (κ2) is 6.12. The lowest BCUT2D eigenvalue weighted by atomic mass is 10.4. The number of aromatic nitrogens is 1. The maximum Gasteiger partial charge on any atom is 0.355 e. The fourth-order valence-corrected chi connectivity index (χ4v) is 3.32. The predicted molar refractivity (Wildman–Crippen MR) is 74.4 cm³/mol. The summed E-state index contributed by atoms with van der Waals surface area (Å²) >= 11 is 1.20. The molecule has 0 bridgehead atoms. The number of benzene rings is 1. The third-order valence-corrected chi connectivity index (χ3v) is 4.84. The van der Waals surface area contributed by atoms with E-state index in [9.17, 15) is 13.2 Å². The van der Waals surface area contributed by atoms with Crippen molar-refractivity contribution in [2.75, 3.05) is 6.54 Å². The fourth-order valence-electron chi connectivity index (χ4n) is 1.50. The third-order valence-electron chi connectivity index (χ3n) is 2.46. The molecule has 20 heavy (non-hydrogen) atoms. The van der Waals surface area contributed by atoms with Crippen LogP contribution in [0.25, 0.3) is 0 Å². The lowest BCUT2D eigenvalue weighted by Gasteiger charge is -2.05. The van der Waals surface area contributed by atoms with Gasteiger partial charge in [-0.25, -0.2) is 22.9 Å². The van der Waals surface area contributed by atoms with Gasteiger partial charge in [-0.15, -0.1) is 11.3 Å². The van der Waals surface area contributed by atoms with E-state index in [0.29, 0.717) is 11.4 Å². The molecule has 0 radical (unpaired) electrons. The average molecular weight is 312 g/mol. The molecule has 2 aromatic rings. The van der Waals surface area contributed by atoms with Gasteiger partial charge >= 0.3 is 5.97 Å². The van der Waals surface area contributed by atoms with E-state index in [-0.39, 0.29) is 17.1 Å². The number of nitrogens with zero attached hydrogens (tertiary/aromatic N) is 1. The van der Waals surface area contributed by atoms with Crippen molar-refractivity contribution in [2.45, 2.75) is 11.3 Å². The van der Waals surface area contributed by atoms with Crippen LogP contribution in [-0.4, -0.2) is 31.0 Å². The molecular formula is C12H12N2O4S2. The van der Waals surface area contributed by atoms with E-state index in [1.807, 2.05) is 0 Å². The van der Waals surface area contributed by atoms with Crippen LogP contribution >= 0.6 is 11.3 Å². The maximum absolute atomic E-state index is 11.9. The SMILES string of the molecule is O=C(O)c1csc(CCNS(=O)(=O)c2ccccc2)n1. The summed E-state index contributed by atoms with van der Waals surface area (Å²) in [4.78, 5) is 14.8. The number of carbonyl (C=O) groups is 1. The quantitative estimate of drug-likeness (QED) is 0.839. The minimum atomic E-state index is -3.53. The van der Waals surface area contributed by atoms with Gasteiger partial charge in [0.25, 0.3) is 0 Å². The van der Waals surface area contributed by atoms with Crippen LogP contribution in [0.3, 0.4) is 0 Å². The number of hydrogen-bond acceptors (Lipinski definition) is 5. The monoisotopic (exact) mass is 312 g/mol. The van der Waals surface area contributed by atoms with Gasteiger partial charge in [0.2, 0.25) is 10.0 Å². The van der Waals surface area contributed by atoms with Gasteiger partial charge < -0.3 is 5.11 Å². The van der Waals surface area contributed by atoms with Crippen LogP contribution in [0.5, 0.6) is 0 Å². The minimum absolute atomic E-state index is 0.0177. The molecule has 0 saturated heterocycles. The van der Waals surface area contributed by atoms with Gasteiger partial charge in [-0.1, -0.05) is 18.2 Å². The average Bonchev–Trinajstić information content (AvgIpc) is 2.89. The Labute approximate surface area is 120 Å². The first kappa shape index (κ1) is 14.6. The molecule has 0 aliphatic heterocycles. The molecule has 0 unspecified atom stereocenters. The molecule has 0 atom stereocenters. The Morgan fingerprint density at radius 2 is 2.00 bits per heavy atom. The fraction of sp³-hybridized carbons (Fsp3) is 0.167. The number of carboxylic acid groups (broad SMARTS) is 1. The minimum Gasteiger partial charge on any atom is -0.476 e. The molecule has 0 spiro atoms. The van der Waals surface area contributed by atoms with Crippen LogP contribution in [0.4, 0.5) is 0 Å². The zero-order valence-corrected chi connectivity index (χ0v) is 11.9. The molecule has 0 fully saturated rings. The summed E-state index contributed by atoms with van der Waals surface area (Å²) in [6.45, 7) is 0.170. The predicted octanol–water partition coefficient (Wildman–Crippen LogP) is 1.36. The Morgan fingerprint density at radius 3 is 2.60 bits per heavy atom. The largest absolute Gasteiger partial charge is 0.476 e. The molecule has 1 heterocycles. The van der Waals surface area contributed by atoms with Gasteiger partial charge in [0.15, 0.2) is 5.69 Å². The number of rotatable bonds is 6. The summed E-state index contributed by atoms with van der Waals surface area (Å²) in [5.41, 5.74) is -0.0177. The lowest BCUT2D eigenvalue weighted by molar-refractivity contribution is 0.0691. The normalized spacial score (nSPS) is 11.4. The van der Waals surface area contributed by atoms with Crippen molar-refractivity contribution in [2.24, 2.45) is 0 Å². The highest BCUT2D eigenvalue weighted by atomic mass is 32.2. The zero-order chi connectivity index (χ0) is 14.6. The van der Waals surface area contributed by atoms with Crippen LogP contribution in [0, 0.1) is 0 Å². The van der Waals surface area contributed by atoms with Crippen molar-refractivity contribution < 1.29 is 18.3 Å². The van der Waals surface area contributed by atoms with Crippen molar-refractivity contribution in [3.05, 3.63) is 46.4 Å². The highest BCUT2D eigenvalue weighted by Gasteiger charge is 2.13. The highest BCUT2D eigenvalue weighted by Crippen LogP contribution is 2.11. The van der Waals surface area contributed by atoms with E-state index in [1.165, 1.54) is 28.8 Å². The van der Waals surface area contributed by atoms with E-state index < -0.39 is 16.0 Å².